The molecule has 0 bridgehead atoms. The van der Waals surface area contributed by atoms with Gasteiger partial charge >= 0.3 is 5.97 Å². The van der Waals surface area contributed by atoms with Crippen LogP contribution in [0.3, 0.4) is 0 Å². The minimum absolute atomic E-state index is 0.0620. The molecule has 0 aliphatic heterocycles. The van der Waals surface area contributed by atoms with E-state index >= 15 is 0 Å². The zero-order valence-corrected chi connectivity index (χ0v) is 17.5. The Balaban J connectivity index is 2.34. The van der Waals surface area contributed by atoms with Gasteiger partial charge in [0.1, 0.15) is 16.6 Å². The molecule has 2 aromatic heterocycles. The van der Waals surface area contributed by atoms with E-state index in [4.69, 9.17) is 4.74 Å². The van der Waals surface area contributed by atoms with Gasteiger partial charge in [-0.2, -0.15) is 10.4 Å². The Morgan fingerprint density at radius 1 is 1.43 bits per heavy atom. The van der Waals surface area contributed by atoms with Gasteiger partial charge < -0.3 is 10.1 Å². The highest BCUT2D eigenvalue weighted by Crippen LogP contribution is 2.33. The van der Waals surface area contributed by atoms with E-state index in [1.165, 1.54) is 17.4 Å². The Bertz CT molecular complexity index is 947. The molecule has 0 saturated carbocycles. The number of nitrogens with zero attached hydrogens (tertiary/aromatic N) is 3. The third-order valence-electron chi connectivity index (χ3n) is 4.02. The van der Waals surface area contributed by atoms with Gasteiger partial charge in [-0.1, -0.05) is 13.8 Å². The summed E-state index contributed by atoms with van der Waals surface area (Å²) in [5.74, 6) is -0.880. The van der Waals surface area contributed by atoms with E-state index in [2.05, 4.69) is 10.4 Å². The molecule has 0 saturated heterocycles. The van der Waals surface area contributed by atoms with Gasteiger partial charge in [0.15, 0.2) is 0 Å². The summed E-state index contributed by atoms with van der Waals surface area (Å²) in [6.07, 6.45) is 3.29. The summed E-state index contributed by atoms with van der Waals surface area (Å²) in [7, 11) is 0. The third kappa shape index (κ3) is 4.87. The summed E-state index contributed by atoms with van der Waals surface area (Å²) in [4.78, 5) is 25.9. The quantitative estimate of drug-likeness (QED) is 0.428. The van der Waals surface area contributed by atoms with Crippen molar-refractivity contribution in [2.75, 3.05) is 11.9 Å². The first kappa shape index (κ1) is 21.4. The number of ether oxygens (including phenoxy) is 1. The monoisotopic (exact) mass is 400 g/mol. The van der Waals surface area contributed by atoms with Crippen LogP contribution in [0.2, 0.25) is 0 Å². The molecule has 2 rings (SSSR count). The molecule has 0 fully saturated rings. The van der Waals surface area contributed by atoms with Gasteiger partial charge in [-0.05, 0) is 38.8 Å². The number of aromatic nitrogens is 2. The minimum atomic E-state index is -0.575. The molecule has 0 aliphatic rings. The highest BCUT2D eigenvalue weighted by atomic mass is 32.1. The number of anilines is 1. The van der Waals surface area contributed by atoms with Gasteiger partial charge in [-0.3, -0.25) is 9.48 Å². The molecule has 8 heteroatoms. The zero-order chi connectivity index (χ0) is 20.8. The number of aryl methyl sites for hydroxylation is 2. The van der Waals surface area contributed by atoms with Crippen LogP contribution in [0.4, 0.5) is 5.00 Å². The van der Waals surface area contributed by atoms with Crippen LogP contribution in [-0.2, 0) is 16.1 Å². The van der Waals surface area contributed by atoms with Crippen molar-refractivity contribution < 1.29 is 14.3 Å². The lowest BCUT2D eigenvalue weighted by atomic mass is 10.1. The topological polar surface area (TPSA) is 97.0 Å². The van der Waals surface area contributed by atoms with Gasteiger partial charge in [0.05, 0.1) is 17.9 Å². The Hall–Kier alpha value is -2.92. The van der Waals surface area contributed by atoms with E-state index in [-0.39, 0.29) is 18.1 Å². The van der Waals surface area contributed by atoms with Crippen LogP contribution in [0.1, 0.15) is 60.1 Å². The highest BCUT2D eigenvalue weighted by molar-refractivity contribution is 7.16. The average molecular weight is 401 g/mol. The number of carbonyl (C=O) groups excluding carboxylic acids is 2. The normalized spacial score (nSPS) is 11.4. The van der Waals surface area contributed by atoms with E-state index in [9.17, 15) is 14.9 Å². The molecule has 0 unspecified atom stereocenters. The molecular weight excluding hydrogens is 376 g/mol. The summed E-state index contributed by atoms with van der Waals surface area (Å²) < 4.78 is 6.82. The Morgan fingerprint density at radius 2 is 2.14 bits per heavy atom. The second-order valence-electron chi connectivity index (χ2n) is 6.42. The van der Waals surface area contributed by atoms with Crippen LogP contribution in [0.5, 0.6) is 0 Å². The lowest BCUT2D eigenvalue weighted by Gasteiger charge is -2.05. The van der Waals surface area contributed by atoms with Gasteiger partial charge in [0.2, 0.25) is 0 Å². The van der Waals surface area contributed by atoms with Crippen molar-refractivity contribution in [3.05, 3.63) is 39.5 Å². The van der Waals surface area contributed by atoms with E-state index in [0.29, 0.717) is 22.7 Å². The van der Waals surface area contributed by atoms with Crippen LogP contribution >= 0.6 is 11.3 Å². The number of amides is 1. The molecule has 0 atom stereocenters. The predicted octanol–water partition coefficient (Wildman–Crippen LogP) is 4.12. The van der Waals surface area contributed by atoms with E-state index in [0.717, 1.165) is 10.6 Å². The summed E-state index contributed by atoms with van der Waals surface area (Å²) in [6, 6.07) is 3.66. The largest absolute Gasteiger partial charge is 0.462 e. The second-order valence-corrected chi connectivity index (χ2v) is 7.50. The average Bonchev–Trinajstić information content (AvgIpc) is 3.23. The molecule has 2 aromatic rings. The summed E-state index contributed by atoms with van der Waals surface area (Å²) in [6.45, 7) is 10.4. The smallest absolute Gasteiger partial charge is 0.341 e. The maximum Gasteiger partial charge on any atom is 0.341 e. The number of carbonyl (C=O) groups is 2. The first-order valence-corrected chi connectivity index (χ1v) is 9.90. The van der Waals surface area contributed by atoms with Crippen molar-refractivity contribution in [2.24, 2.45) is 0 Å². The second kappa shape index (κ2) is 9.33. The van der Waals surface area contributed by atoms with Crippen LogP contribution in [0, 0.1) is 18.3 Å². The number of esters is 1. The number of hydrogen-bond donors (Lipinski definition) is 1. The maximum atomic E-state index is 12.7. The maximum absolute atomic E-state index is 12.7. The fraction of sp³-hybridized carbons (Fsp3) is 0.400. The SMILES string of the molecule is CCOC(=O)c1cc(C(C)C)sc1NC(=O)/C(C#N)=C\c1cn(CC)nc1C. The summed E-state index contributed by atoms with van der Waals surface area (Å²) >= 11 is 1.31. The van der Waals surface area contributed by atoms with E-state index in [1.807, 2.05) is 33.8 Å². The van der Waals surface area contributed by atoms with E-state index < -0.39 is 11.9 Å². The molecular formula is C20H24N4O3S. The molecule has 0 spiro atoms. The summed E-state index contributed by atoms with van der Waals surface area (Å²) in [5.41, 5.74) is 1.67. The number of rotatable bonds is 7. The Morgan fingerprint density at radius 3 is 2.68 bits per heavy atom. The molecule has 148 valence electrons. The Kier molecular flexibility index (Phi) is 7.12. The third-order valence-corrected chi connectivity index (χ3v) is 5.37. The van der Waals surface area contributed by atoms with E-state index in [1.54, 1.807) is 23.9 Å². The van der Waals surface area contributed by atoms with Crippen molar-refractivity contribution in [3.8, 4) is 6.07 Å². The number of nitrogens with one attached hydrogen (secondary N) is 1. The van der Waals surface area contributed by atoms with Gasteiger partial charge in [-0.15, -0.1) is 11.3 Å². The predicted molar refractivity (Wildman–Crippen MR) is 109 cm³/mol. The van der Waals surface area contributed by atoms with Crippen LogP contribution < -0.4 is 5.32 Å². The van der Waals surface area contributed by atoms with Gasteiger partial charge in [0.25, 0.3) is 5.91 Å². The van der Waals surface area contributed by atoms with Crippen molar-refractivity contribution in [1.82, 2.24) is 9.78 Å². The van der Waals surface area contributed by atoms with Crippen LogP contribution in [0.25, 0.3) is 6.08 Å². The summed E-state index contributed by atoms with van der Waals surface area (Å²) in [5, 5.41) is 16.8. The number of thiophene rings is 1. The highest BCUT2D eigenvalue weighted by Gasteiger charge is 2.21. The standard InChI is InChI=1S/C20H24N4O3S/c1-6-24-11-15(13(5)23-24)8-14(10-21)18(25)22-19-16(20(26)27-7-2)9-17(28-19)12(3)4/h8-9,11-12H,6-7H2,1-5H3,(H,22,25)/b14-8-. The van der Waals surface area contributed by atoms with Gasteiger partial charge in [-0.25, -0.2) is 4.79 Å². The number of nitriles is 1. The van der Waals surface area contributed by atoms with Crippen molar-refractivity contribution in [3.63, 3.8) is 0 Å². The van der Waals surface area contributed by atoms with Gasteiger partial charge in [0, 0.05) is 23.2 Å². The first-order valence-electron chi connectivity index (χ1n) is 9.08. The molecule has 0 aromatic carbocycles. The Labute approximate surface area is 168 Å². The molecule has 7 nitrogen and oxygen atoms in total. The van der Waals surface area contributed by atoms with Crippen molar-refractivity contribution in [2.45, 2.75) is 47.1 Å². The number of hydrogen-bond acceptors (Lipinski definition) is 6. The fourth-order valence-corrected chi connectivity index (χ4v) is 3.50. The van der Waals surface area contributed by atoms with Crippen LogP contribution in [0.15, 0.2) is 17.8 Å². The minimum Gasteiger partial charge on any atom is -0.462 e. The molecule has 0 radical (unpaired) electrons. The molecule has 28 heavy (non-hydrogen) atoms. The lowest BCUT2D eigenvalue weighted by Crippen LogP contribution is -2.15. The molecule has 0 aliphatic carbocycles. The first-order chi connectivity index (χ1) is 13.3. The molecule has 1 amide bonds. The fourth-order valence-electron chi connectivity index (χ4n) is 2.46. The van der Waals surface area contributed by atoms with Crippen LogP contribution in [-0.4, -0.2) is 28.3 Å². The molecule has 2 heterocycles. The zero-order valence-electron chi connectivity index (χ0n) is 16.7. The molecule has 1 N–H and O–H groups in total. The van der Waals surface area contributed by atoms with Crippen molar-refractivity contribution in [1.29, 1.82) is 5.26 Å². The lowest BCUT2D eigenvalue weighted by molar-refractivity contribution is -0.112. The van der Waals surface area contributed by atoms with Crippen molar-refractivity contribution >= 4 is 34.3 Å².